The van der Waals surface area contributed by atoms with Crippen molar-refractivity contribution in [3.05, 3.63) is 44.7 Å². The smallest absolute Gasteiger partial charge is 0.267 e. The number of amides is 1. The zero-order chi connectivity index (χ0) is 22.8. The lowest BCUT2D eigenvalue weighted by Crippen LogP contribution is -2.47. The highest BCUT2D eigenvalue weighted by Crippen LogP contribution is 2.33. The summed E-state index contributed by atoms with van der Waals surface area (Å²) in [4.78, 5) is 37.8. The van der Waals surface area contributed by atoms with E-state index in [-0.39, 0.29) is 11.5 Å². The van der Waals surface area contributed by atoms with Gasteiger partial charge in [-0.1, -0.05) is 37.0 Å². The van der Waals surface area contributed by atoms with Crippen LogP contribution in [0.25, 0.3) is 11.7 Å². The average molecular weight is 474 g/mol. The van der Waals surface area contributed by atoms with Crippen LogP contribution in [-0.4, -0.2) is 82.4 Å². The van der Waals surface area contributed by atoms with E-state index in [9.17, 15) is 9.59 Å². The normalized spacial score (nSPS) is 19.0. The fourth-order valence-corrected chi connectivity index (χ4v) is 5.19. The molecule has 0 saturated carbocycles. The van der Waals surface area contributed by atoms with Crippen molar-refractivity contribution < 1.29 is 9.53 Å². The zero-order valence-corrected chi connectivity index (χ0v) is 20.2. The lowest BCUT2D eigenvalue weighted by atomic mass is 10.2. The molecule has 4 rings (SSSR count). The van der Waals surface area contributed by atoms with Gasteiger partial charge >= 0.3 is 0 Å². The molecule has 0 radical (unpaired) electrons. The molecule has 2 saturated heterocycles. The molecule has 10 heteroatoms. The van der Waals surface area contributed by atoms with Gasteiger partial charge in [0.15, 0.2) is 0 Å². The Bertz CT molecular complexity index is 1140. The highest BCUT2D eigenvalue weighted by Gasteiger charge is 2.33. The van der Waals surface area contributed by atoms with Gasteiger partial charge in [0.05, 0.1) is 23.6 Å². The topological polar surface area (TPSA) is 70.4 Å². The third kappa shape index (κ3) is 4.45. The largest absolute Gasteiger partial charge is 0.383 e. The minimum atomic E-state index is -0.201. The number of thioether (sulfide) groups is 1. The summed E-state index contributed by atoms with van der Waals surface area (Å²) in [7, 11) is 1.59. The number of anilines is 1. The van der Waals surface area contributed by atoms with Gasteiger partial charge in [-0.05, 0) is 31.2 Å². The number of ether oxygens (including phenoxy) is 1. The van der Waals surface area contributed by atoms with E-state index in [2.05, 4.69) is 16.7 Å². The van der Waals surface area contributed by atoms with Gasteiger partial charge < -0.3 is 14.5 Å². The quantitative estimate of drug-likeness (QED) is 0.466. The van der Waals surface area contributed by atoms with Crippen molar-refractivity contribution in [2.45, 2.75) is 13.8 Å². The van der Waals surface area contributed by atoms with E-state index in [0.717, 1.165) is 38.3 Å². The predicted octanol–water partition coefficient (Wildman–Crippen LogP) is 1.99. The van der Waals surface area contributed by atoms with Crippen LogP contribution in [0.3, 0.4) is 0 Å². The number of aryl methyl sites for hydroxylation is 1. The molecule has 1 amide bonds. The summed E-state index contributed by atoms with van der Waals surface area (Å²) in [6.45, 7) is 9.23. The van der Waals surface area contributed by atoms with Crippen LogP contribution in [0, 0.1) is 6.92 Å². The zero-order valence-electron chi connectivity index (χ0n) is 18.5. The van der Waals surface area contributed by atoms with E-state index in [1.54, 1.807) is 23.8 Å². The molecule has 8 nitrogen and oxygen atoms in total. The Hall–Kier alpha value is -2.27. The monoisotopic (exact) mass is 473 g/mol. The standard InChI is InChI=1S/C22H27N5O3S2/c1-4-24-7-9-25(10-8-24)19-16(20(28)27-14-15(2)5-6-18(27)23-19)13-17-21(29)26(11-12-30-3)22(31)32-17/h5-6,13-14H,4,7-12H2,1-3H3/b17-13+. The summed E-state index contributed by atoms with van der Waals surface area (Å²) >= 11 is 6.61. The Morgan fingerprint density at radius 3 is 2.66 bits per heavy atom. The minimum absolute atomic E-state index is 0.186. The third-order valence-electron chi connectivity index (χ3n) is 5.77. The number of thiocarbonyl (C=S) groups is 1. The molecule has 32 heavy (non-hydrogen) atoms. The van der Waals surface area contributed by atoms with Gasteiger partial charge in [-0.25, -0.2) is 4.98 Å². The van der Waals surface area contributed by atoms with Gasteiger partial charge in [-0.15, -0.1) is 0 Å². The lowest BCUT2D eigenvalue weighted by Gasteiger charge is -2.35. The van der Waals surface area contributed by atoms with Crippen LogP contribution in [0.4, 0.5) is 5.82 Å². The number of hydrogen-bond donors (Lipinski definition) is 0. The number of carbonyl (C=O) groups excluding carboxylic acids is 1. The molecule has 0 bridgehead atoms. The van der Waals surface area contributed by atoms with Crippen LogP contribution in [0.15, 0.2) is 28.0 Å². The number of nitrogens with zero attached hydrogens (tertiary/aromatic N) is 5. The van der Waals surface area contributed by atoms with Crippen molar-refractivity contribution in [2.75, 3.05) is 57.9 Å². The number of rotatable bonds is 6. The van der Waals surface area contributed by atoms with Crippen molar-refractivity contribution >= 4 is 51.7 Å². The van der Waals surface area contributed by atoms with Crippen LogP contribution in [0.2, 0.25) is 0 Å². The summed E-state index contributed by atoms with van der Waals surface area (Å²) in [5.74, 6) is 0.421. The SMILES string of the molecule is CCN1CCN(c2nc3ccc(C)cn3c(=O)c2/C=C2/SC(=S)N(CCOC)C2=O)CC1. The first-order valence-corrected chi connectivity index (χ1v) is 11.9. The van der Waals surface area contributed by atoms with Crippen LogP contribution in [0.1, 0.15) is 18.1 Å². The van der Waals surface area contributed by atoms with E-state index in [0.29, 0.717) is 39.4 Å². The second kappa shape index (κ2) is 9.70. The van der Waals surface area contributed by atoms with Crippen LogP contribution < -0.4 is 10.5 Å². The molecule has 0 unspecified atom stereocenters. The predicted molar refractivity (Wildman–Crippen MR) is 132 cm³/mol. The maximum absolute atomic E-state index is 13.5. The van der Waals surface area contributed by atoms with E-state index in [1.165, 1.54) is 16.7 Å². The Labute approximate surface area is 196 Å². The number of hydrogen-bond acceptors (Lipinski definition) is 8. The number of carbonyl (C=O) groups is 1. The molecule has 170 valence electrons. The first-order valence-electron chi connectivity index (χ1n) is 10.7. The maximum Gasteiger partial charge on any atom is 0.267 e. The number of piperazine rings is 1. The molecule has 2 fully saturated rings. The minimum Gasteiger partial charge on any atom is -0.383 e. The van der Waals surface area contributed by atoms with Gasteiger partial charge in [0, 0.05) is 39.5 Å². The molecule has 0 aromatic carbocycles. The van der Waals surface area contributed by atoms with E-state index in [4.69, 9.17) is 21.9 Å². The van der Waals surface area contributed by atoms with Crippen molar-refractivity contribution in [3.8, 4) is 0 Å². The second-order valence-corrected chi connectivity index (χ2v) is 9.51. The van der Waals surface area contributed by atoms with Crippen molar-refractivity contribution in [2.24, 2.45) is 0 Å². The Morgan fingerprint density at radius 2 is 1.97 bits per heavy atom. The molecule has 2 aromatic heterocycles. The van der Waals surface area contributed by atoms with Crippen molar-refractivity contribution in [1.29, 1.82) is 0 Å². The first kappa shape index (κ1) is 22.9. The fourth-order valence-electron chi connectivity index (χ4n) is 3.90. The Kier molecular flexibility index (Phi) is 6.94. The first-order chi connectivity index (χ1) is 15.4. The second-order valence-electron chi connectivity index (χ2n) is 7.84. The third-order valence-corrected chi connectivity index (χ3v) is 7.15. The average Bonchev–Trinajstić information content (AvgIpc) is 3.06. The van der Waals surface area contributed by atoms with Gasteiger partial charge in [0.25, 0.3) is 11.5 Å². The maximum atomic E-state index is 13.5. The summed E-state index contributed by atoms with van der Waals surface area (Å²) < 4.78 is 7.12. The molecular weight excluding hydrogens is 446 g/mol. The highest BCUT2D eigenvalue weighted by atomic mass is 32.2. The summed E-state index contributed by atoms with van der Waals surface area (Å²) in [5, 5.41) is 0. The van der Waals surface area contributed by atoms with Crippen molar-refractivity contribution in [3.63, 3.8) is 0 Å². The number of pyridine rings is 1. The number of methoxy groups -OCH3 is 1. The van der Waals surface area contributed by atoms with E-state index >= 15 is 0 Å². The van der Waals surface area contributed by atoms with Crippen LogP contribution >= 0.6 is 24.0 Å². The van der Waals surface area contributed by atoms with Crippen LogP contribution in [-0.2, 0) is 9.53 Å². The Balaban J connectivity index is 1.79. The Morgan fingerprint density at radius 1 is 1.22 bits per heavy atom. The molecule has 4 heterocycles. The fraction of sp³-hybridized carbons (Fsp3) is 0.455. The number of fused-ring (bicyclic) bond motifs is 1. The summed E-state index contributed by atoms with van der Waals surface area (Å²) in [5.41, 5.74) is 1.79. The molecular formula is C22H27N5O3S2. The summed E-state index contributed by atoms with van der Waals surface area (Å²) in [6, 6.07) is 3.80. The molecule has 2 aliphatic rings. The molecule has 0 spiro atoms. The van der Waals surface area contributed by atoms with Gasteiger partial charge in [-0.3, -0.25) is 18.9 Å². The van der Waals surface area contributed by atoms with E-state index < -0.39 is 0 Å². The molecule has 0 aliphatic carbocycles. The highest BCUT2D eigenvalue weighted by molar-refractivity contribution is 8.26. The molecule has 2 aromatic rings. The molecule has 0 N–H and O–H groups in total. The molecule has 0 atom stereocenters. The lowest BCUT2D eigenvalue weighted by molar-refractivity contribution is -0.122. The van der Waals surface area contributed by atoms with Gasteiger partial charge in [0.1, 0.15) is 15.8 Å². The summed E-state index contributed by atoms with van der Waals surface area (Å²) in [6.07, 6.45) is 3.45. The number of aromatic nitrogens is 2. The van der Waals surface area contributed by atoms with E-state index in [1.807, 2.05) is 19.1 Å². The van der Waals surface area contributed by atoms with Crippen molar-refractivity contribution in [1.82, 2.24) is 19.2 Å². The van der Waals surface area contributed by atoms with Crippen LogP contribution in [0.5, 0.6) is 0 Å². The van der Waals surface area contributed by atoms with Gasteiger partial charge in [-0.2, -0.15) is 0 Å². The molecule has 2 aliphatic heterocycles. The van der Waals surface area contributed by atoms with Gasteiger partial charge in [0.2, 0.25) is 0 Å². The number of likely N-dealkylation sites (N-methyl/N-ethyl adjacent to an activating group) is 1.